The Hall–Kier alpha value is -2.28. The summed E-state index contributed by atoms with van der Waals surface area (Å²) in [7, 11) is 0. The van der Waals surface area contributed by atoms with Crippen LogP contribution in [-0.4, -0.2) is 47.3 Å². The van der Waals surface area contributed by atoms with Crippen LogP contribution in [0.1, 0.15) is 35.6 Å². The van der Waals surface area contributed by atoms with E-state index in [1.807, 2.05) is 18.2 Å². The molecule has 0 aromatic heterocycles. The van der Waals surface area contributed by atoms with Crippen LogP contribution in [0, 0.1) is 5.82 Å². The first-order valence-corrected chi connectivity index (χ1v) is 9.68. The number of carbonyl (C=O) groups is 1. The van der Waals surface area contributed by atoms with Crippen LogP contribution in [-0.2, 0) is 16.0 Å². The number of fused-ring (bicyclic) bond motifs is 1. The van der Waals surface area contributed by atoms with Gasteiger partial charge in [-0.2, -0.15) is 0 Å². The number of carbonyl (C=O) groups excluding carboxylic acids is 1. The van der Waals surface area contributed by atoms with Crippen molar-refractivity contribution in [3.63, 3.8) is 0 Å². The second-order valence-electron chi connectivity index (χ2n) is 7.68. The van der Waals surface area contributed by atoms with Gasteiger partial charge in [-0.3, -0.25) is 4.79 Å². The molecule has 0 spiro atoms. The van der Waals surface area contributed by atoms with Crippen LogP contribution in [0.5, 0.6) is 0 Å². The first kappa shape index (κ1) is 19.1. The van der Waals surface area contributed by atoms with Crippen molar-refractivity contribution >= 4 is 5.91 Å². The summed E-state index contributed by atoms with van der Waals surface area (Å²) in [5.41, 5.74) is 7.71. The van der Waals surface area contributed by atoms with Gasteiger partial charge in [0, 0.05) is 25.9 Å². The van der Waals surface area contributed by atoms with Crippen molar-refractivity contribution in [2.75, 3.05) is 19.7 Å². The van der Waals surface area contributed by atoms with Crippen molar-refractivity contribution in [2.45, 2.75) is 37.0 Å². The van der Waals surface area contributed by atoms with Gasteiger partial charge in [0.15, 0.2) is 0 Å². The molecule has 2 heterocycles. The van der Waals surface area contributed by atoms with Gasteiger partial charge in [0.25, 0.3) is 5.91 Å². The normalized spacial score (nSPS) is 27.3. The second kappa shape index (κ2) is 7.62. The quantitative estimate of drug-likeness (QED) is 0.851. The first-order valence-electron chi connectivity index (χ1n) is 9.68. The van der Waals surface area contributed by atoms with Gasteiger partial charge in [-0.1, -0.05) is 36.4 Å². The predicted molar refractivity (Wildman–Crippen MR) is 103 cm³/mol. The van der Waals surface area contributed by atoms with Crippen LogP contribution in [0.15, 0.2) is 48.5 Å². The van der Waals surface area contributed by atoms with Crippen LogP contribution < -0.4 is 5.73 Å². The molecule has 6 heteroatoms. The average molecular weight is 384 g/mol. The van der Waals surface area contributed by atoms with Crippen molar-refractivity contribution in [2.24, 2.45) is 5.73 Å². The van der Waals surface area contributed by atoms with Crippen LogP contribution in [0.25, 0.3) is 0 Å². The molecule has 2 aliphatic heterocycles. The van der Waals surface area contributed by atoms with Crippen molar-refractivity contribution in [3.8, 4) is 0 Å². The fourth-order valence-corrected chi connectivity index (χ4v) is 4.23. The number of nitrogens with two attached hydrogens (primary N) is 1. The number of amides is 1. The lowest BCUT2D eigenvalue weighted by Gasteiger charge is -2.42. The largest absolute Gasteiger partial charge is 0.388 e. The minimum absolute atomic E-state index is 0.102. The van der Waals surface area contributed by atoms with E-state index in [9.17, 15) is 14.3 Å². The lowest BCUT2D eigenvalue weighted by Crippen LogP contribution is -2.53. The monoisotopic (exact) mass is 384 g/mol. The fraction of sp³-hybridized carbons (Fsp3) is 0.409. The molecule has 1 amide bonds. The lowest BCUT2D eigenvalue weighted by atomic mass is 9.86. The van der Waals surface area contributed by atoms with Gasteiger partial charge in [-0.25, -0.2) is 4.39 Å². The van der Waals surface area contributed by atoms with Gasteiger partial charge in [0.2, 0.25) is 0 Å². The summed E-state index contributed by atoms with van der Waals surface area (Å²) in [5.74, 6) is -0.468. The molecule has 4 rings (SSSR count). The highest BCUT2D eigenvalue weighted by atomic mass is 19.1. The number of hydrogen-bond donors (Lipinski definition) is 2. The molecule has 3 N–H and O–H groups in total. The zero-order valence-corrected chi connectivity index (χ0v) is 15.7. The fourth-order valence-electron chi connectivity index (χ4n) is 4.23. The van der Waals surface area contributed by atoms with Gasteiger partial charge >= 0.3 is 0 Å². The van der Waals surface area contributed by atoms with E-state index >= 15 is 0 Å². The van der Waals surface area contributed by atoms with Crippen molar-refractivity contribution in [1.82, 2.24) is 4.90 Å². The first-order chi connectivity index (χ1) is 13.5. The van der Waals surface area contributed by atoms with Gasteiger partial charge in [0.05, 0.1) is 18.2 Å². The highest BCUT2D eigenvalue weighted by Gasteiger charge is 2.41. The summed E-state index contributed by atoms with van der Waals surface area (Å²) < 4.78 is 19.2. The summed E-state index contributed by atoms with van der Waals surface area (Å²) in [5, 5.41) is 10.6. The standard InChI is InChI=1S/C22H25FN2O3/c23-17-7-5-16(6-8-17)20-18-4-2-1-3-15(18)9-11-25(20)21(26)19-13-22(27,14-24)10-12-28-19/h1-8,19-20,27H,9-14,24H2/t19-,20+,22+/m1/s1. The third-order valence-corrected chi connectivity index (χ3v) is 5.86. The second-order valence-corrected chi connectivity index (χ2v) is 7.68. The molecule has 0 radical (unpaired) electrons. The zero-order valence-electron chi connectivity index (χ0n) is 15.7. The maximum absolute atomic E-state index is 13.5. The highest BCUT2D eigenvalue weighted by molar-refractivity contribution is 5.82. The molecule has 0 unspecified atom stereocenters. The summed E-state index contributed by atoms with van der Waals surface area (Å²) >= 11 is 0. The van der Waals surface area contributed by atoms with E-state index < -0.39 is 11.7 Å². The van der Waals surface area contributed by atoms with Gasteiger partial charge < -0.3 is 20.5 Å². The van der Waals surface area contributed by atoms with Crippen LogP contribution in [0.2, 0.25) is 0 Å². The topological polar surface area (TPSA) is 75.8 Å². The van der Waals surface area contributed by atoms with E-state index in [-0.39, 0.29) is 30.7 Å². The third-order valence-electron chi connectivity index (χ3n) is 5.86. The molecule has 0 aliphatic carbocycles. The van der Waals surface area contributed by atoms with Gasteiger partial charge in [-0.05, 0) is 35.2 Å². The number of nitrogens with zero attached hydrogens (tertiary/aromatic N) is 1. The van der Waals surface area contributed by atoms with Crippen LogP contribution in [0.3, 0.4) is 0 Å². The maximum Gasteiger partial charge on any atom is 0.252 e. The number of aliphatic hydroxyl groups is 1. The Morgan fingerprint density at radius 2 is 2.00 bits per heavy atom. The van der Waals surface area contributed by atoms with Crippen molar-refractivity contribution < 1.29 is 19.0 Å². The Balaban J connectivity index is 1.69. The minimum Gasteiger partial charge on any atom is -0.388 e. The molecule has 2 aliphatic rings. The number of rotatable bonds is 3. The molecule has 0 saturated carbocycles. The smallest absolute Gasteiger partial charge is 0.252 e. The summed E-state index contributed by atoms with van der Waals surface area (Å²) in [6.07, 6.45) is 0.636. The van der Waals surface area contributed by atoms with Crippen LogP contribution in [0.4, 0.5) is 4.39 Å². The molecule has 3 atom stereocenters. The molecule has 0 bridgehead atoms. The van der Waals surface area contributed by atoms with E-state index in [1.54, 1.807) is 17.0 Å². The summed E-state index contributed by atoms with van der Waals surface area (Å²) in [4.78, 5) is 15.2. The molecular formula is C22H25FN2O3. The number of benzene rings is 2. The lowest BCUT2D eigenvalue weighted by molar-refractivity contribution is -0.160. The van der Waals surface area contributed by atoms with Gasteiger partial charge in [0.1, 0.15) is 11.9 Å². The van der Waals surface area contributed by atoms with E-state index in [0.717, 1.165) is 17.5 Å². The molecule has 148 valence electrons. The van der Waals surface area contributed by atoms with Gasteiger partial charge in [-0.15, -0.1) is 0 Å². The highest BCUT2D eigenvalue weighted by Crippen LogP contribution is 2.37. The maximum atomic E-state index is 13.5. The minimum atomic E-state index is -1.07. The zero-order chi connectivity index (χ0) is 19.7. The summed E-state index contributed by atoms with van der Waals surface area (Å²) in [6, 6.07) is 14.0. The summed E-state index contributed by atoms with van der Waals surface area (Å²) in [6.45, 7) is 0.943. The molecule has 1 saturated heterocycles. The third kappa shape index (κ3) is 3.55. The SMILES string of the molecule is NC[C@]1(O)CCO[C@@H](C(=O)N2CCc3ccccc3[C@@H]2c2ccc(F)cc2)C1. The number of halogens is 1. The average Bonchev–Trinajstić information content (AvgIpc) is 2.73. The van der Waals surface area contributed by atoms with Crippen molar-refractivity contribution in [3.05, 3.63) is 71.0 Å². The molecule has 28 heavy (non-hydrogen) atoms. The Bertz CT molecular complexity index is 857. The molecule has 5 nitrogen and oxygen atoms in total. The molecule has 2 aromatic rings. The Morgan fingerprint density at radius 1 is 1.25 bits per heavy atom. The molecular weight excluding hydrogens is 359 g/mol. The Kier molecular flexibility index (Phi) is 5.19. The number of hydrogen-bond acceptors (Lipinski definition) is 4. The van der Waals surface area contributed by atoms with E-state index in [1.165, 1.54) is 17.7 Å². The van der Waals surface area contributed by atoms with Crippen molar-refractivity contribution in [1.29, 1.82) is 0 Å². The number of ether oxygens (including phenoxy) is 1. The Labute approximate surface area is 163 Å². The molecule has 2 aromatic carbocycles. The Morgan fingerprint density at radius 3 is 2.75 bits per heavy atom. The van der Waals surface area contributed by atoms with E-state index in [0.29, 0.717) is 19.6 Å². The van der Waals surface area contributed by atoms with Crippen LogP contribution >= 0.6 is 0 Å². The predicted octanol–water partition coefficient (Wildman–Crippen LogP) is 2.17. The molecule has 1 fully saturated rings. The van der Waals surface area contributed by atoms with E-state index in [4.69, 9.17) is 10.5 Å². The van der Waals surface area contributed by atoms with E-state index in [2.05, 4.69) is 6.07 Å².